The zero-order valence-corrected chi connectivity index (χ0v) is 11.6. The van der Waals surface area contributed by atoms with Crippen molar-refractivity contribution in [2.24, 2.45) is 0 Å². The zero-order chi connectivity index (χ0) is 9.66. The summed E-state index contributed by atoms with van der Waals surface area (Å²) in [5.41, 5.74) is 13.4. The van der Waals surface area contributed by atoms with Crippen LogP contribution in [0.4, 0.5) is 0 Å². The summed E-state index contributed by atoms with van der Waals surface area (Å²) in [4.78, 5) is 0. The van der Waals surface area contributed by atoms with Gasteiger partial charge in [0.25, 0.3) is 0 Å². The number of hydrogen-bond acceptors (Lipinski definition) is 0. The molecule has 78 valence electrons. The molecule has 0 spiro atoms. The van der Waals surface area contributed by atoms with E-state index in [0.717, 1.165) is 12.8 Å². The zero-order valence-electron chi connectivity index (χ0n) is 9.16. The molecule has 0 aromatic heterocycles. The van der Waals surface area contributed by atoms with E-state index in [1.54, 1.807) is 0 Å². The quantitative estimate of drug-likeness (QED) is 0.636. The fraction of sp³-hybridized carbons (Fsp3) is 1.00. The Morgan fingerprint density at radius 3 is 1.08 bits per heavy atom. The molecule has 3 heteroatoms. The summed E-state index contributed by atoms with van der Waals surface area (Å²) >= 11 is 0. The van der Waals surface area contributed by atoms with Crippen LogP contribution in [0.5, 0.6) is 0 Å². The van der Waals surface area contributed by atoms with Crippen molar-refractivity contribution >= 4 is 0 Å². The van der Waals surface area contributed by atoms with E-state index in [-0.39, 0.29) is 26.2 Å². The Morgan fingerprint density at radius 2 is 1.00 bits per heavy atom. The molecule has 0 aliphatic rings. The monoisotopic (exact) mass is 262 g/mol. The maximum Gasteiger partial charge on any atom is 2.00 e. The van der Waals surface area contributed by atoms with Crippen LogP contribution in [0, 0.1) is 0 Å². The van der Waals surface area contributed by atoms with Gasteiger partial charge in [-0.05, 0) is 0 Å². The van der Waals surface area contributed by atoms with Crippen LogP contribution in [0.3, 0.4) is 0 Å². The average molecular weight is 264 g/mol. The van der Waals surface area contributed by atoms with Gasteiger partial charge in [-0.1, -0.05) is 52.4 Å². The summed E-state index contributed by atoms with van der Waals surface area (Å²) in [6.07, 6.45) is 7.08. The van der Waals surface area contributed by atoms with Gasteiger partial charge in [-0.3, -0.25) is 0 Å². The van der Waals surface area contributed by atoms with Crippen molar-refractivity contribution in [3.63, 3.8) is 0 Å². The van der Waals surface area contributed by atoms with Gasteiger partial charge in [0, 0.05) is 0 Å². The van der Waals surface area contributed by atoms with Crippen molar-refractivity contribution < 1.29 is 26.2 Å². The molecular weight excluding hydrogens is 239 g/mol. The largest absolute Gasteiger partial charge is 2.00 e. The molecule has 0 unspecified atom stereocenters. The van der Waals surface area contributed by atoms with Crippen molar-refractivity contribution in [3.05, 3.63) is 11.5 Å². The molecule has 0 atom stereocenters. The van der Waals surface area contributed by atoms with Crippen molar-refractivity contribution in [1.29, 1.82) is 0 Å². The molecule has 0 bridgehead atoms. The van der Waals surface area contributed by atoms with Crippen LogP contribution >= 0.6 is 0 Å². The normalized spacial score (nSPS) is 8.31. The average Bonchev–Trinajstić information content (AvgIpc) is 2.12. The molecule has 0 amide bonds. The van der Waals surface area contributed by atoms with E-state index in [1.807, 2.05) is 0 Å². The predicted octanol–water partition coefficient (Wildman–Crippen LogP) is 4.46. The van der Waals surface area contributed by atoms with Crippen molar-refractivity contribution in [3.8, 4) is 0 Å². The summed E-state index contributed by atoms with van der Waals surface area (Å²) in [6.45, 7) is 5.51. The van der Waals surface area contributed by atoms with E-state index in [0.29, 0.717) is 13.1 Å². The van der Waals surface area contributed by atoms with Crippen LogP contribution in [0.2, 0.25) is 0 Å². The first-order valence-corrected chi connectivity index (χ1v) is 5.12. The minimum Gasteiger partial charge on any atom is -0.677 e. The fourth-order valence-electron chi connectivity index (χ4n) is 0.750. The number of nitrogens with one attached hydrogen (secondary N) is 2. The minimum absolute atomic E-state index is 0. The van der Waals surface area contributed by atoms with Crippen LogP contribution in [0.15, 0.2) is 0 Å². The second-order valence-electron chi connectivity index (χ2n) is 2.91. The standard InChI is InChI=1S/2C5H12N.Zr/c2*1-2-3-4-5-6;/h2*6H,2-5H2,1H3;/q2*-1;+2. The van der Waals surface area contributed by atoms with E-state index in [1.165, 1.54) is 25.7 Å². The van der Waals surface area contributed by atoms with Gasteiger partial charge in [-0.25, -0.2) is 0 Å². The SMILES string of the molecule is CCCCC[NH-].CCCCC[NH-].[Zr+2]. The van der Waals surface area contributed by atoms with Crippen LogP contribution < -0.4 is 0 Å². The van der Waals surface area contributed by atoms with Crippen LogP contribution in [0.1, 0.15) is 52.4 Å². The third kappa shape index (κ3) is 32.3. The number of unbranched alkanes of at least 4 members (excludes halogenated alkanes) is 4. The van der Waals surface area contributed by atoms with E-state index in [2.05, 4.69) is 13.8 Å². The maximum absolute atomic E-state index is 6.71. The Labute approximate surface area is 103 Å². The second kappa shape index (κ2) is 23.0. The molecule has 13 heavy (non-hydrogen) atoms. The third-order valence-electron chi connectivity index (χ3n) is 1.56. The van der Waals surface area contributed by atoms with Crippen LogP contribution in [-0.4, -0.2) is 13.1 Å². The van der Waals surface area contributed by atoms with Crippen LogP contribution in [-0.2, 0) is 26.2 Å². The molecule has 0 radical (unpaired) electrons. The maximum atomic E-state index is 6.71. The van der Waals surface area contributed by atoms with Crippen LogP contribution in [0.25, 0.3) is 11.5 Å². The van der Waals surface area contributed by atoms with Gasteiger partial charge in [0.05, 0.1) is 0 Å². The molecule has 0 aromatic rings. The molecule has 2 nitrogen and oxygen atoms in total. The minimum atomic E-state index is 0. The third-order valence-corrected chi connectivity index (χ3v) is 1.56. The Morgan fingerprint density at radius 1 is 0.692 bits per heavy atom. The van der Waals surface area contributed by atoms with Crippen molar-refractivity contribution in [1.82, 2.24) is 0 Å². The molecule has 0 aliphatic carbocycles. The Kier molecular flexibility index (Phi) is 34.3. The Hall–Kier alpha value is 0.803. The Balaban J connectivity index is -0.000000143. The summed E-state index contributed by atoms with van der Waals surface area (Å²) in [5, 5.41) is 0. The van der Waals surface area contributed by atoms with Gasteiger partial charge in [0.2, 0.25) is 0 Å². The summed E-state index contributed by atoms with van der Waals surface area (Å²) < 4.78 is 0. The molecule has 2 N–H and O–H groups in total. The second-order valence-corrected chi connectivity index (χ2v) is 2.91. The van der Waals surface area contributed by atoms with Gasteiger partial charge in [-0.2, -0.15) is 13.1 Å². The fourth-order valence-corrected chi connectivity index (χ4v) is 0.750. The summed E-state index contributed by atoms with van der Waals surface area (Å²) in [6, 6.07) is 0. The van der Waals surface area contributed by atoms with Gasteiger partial charge in [0.1, 0.15) is 0 Å². The van der Waals surface area contributed by atoms with E-state index < -0.39 is 0 Å². The summed E-state index contributed by atoms with van der Waals surface area (Å²) in [7, 11) is 0. The smallest absolute Gasteiger partial charge is 0.677 e. The van der Waals surface area contributed by atoms with Crippen molar-refractivity contribution in [2.75, 3.05) is 13.1 Å². The number of hydrogen-bond donors (Lipinski definition) is 0. The van der Waals surface area contributed by atoms with Crippen molar-refractivity contribution in [2.45, 2.75) is 52.4 Å². The van der Waals surface area contributed by atoms with E-state index in [4.69, 9.17) is 11.5 Å². The molecule has 0 saturated carbocycles. The topological polar surface area (TPSA) is 47.6 Å². The first kappa shape index (κ1) is 19.4. The van der Waals surface area contributed by atoms with E-state index in [9.17, 15) is 0 Å². The van der Waals surface area contributed by atoms with Gasteiger partial charge < -0.3 is 11.5 Å². The summed E-state index contributed by atoms with van der Waals surface area (Å²) in [5.74, 6) is 0. The molecule has 0 saturated heterocycles. The molecule has 0 rings (SSSR count). The van der Waals surface area contributed by atoms with E-state index >= 15 is 0 Å². The molecule has 0 aromatic carbocycles. The molecule has 0 aliphatic heterocycles. The first-order valence-electron chi connectivity index (χ1n) is 5.12. The molecular formula is C10H24N2Zr. The predicted molar refractivity (Wildman–Crippen MR) is 57.4 cm³/mol. The Bertz CT molecular complexity index is 44.9. The number of rotatable bonds is 6. The molecule has 0 fully saturated rings. The van der Waals surface area contributed by atoms with Gasteiger partial charge in [0.15, 0.2) is 0 Å². The van der Waals surface area contributed by atoms with Gasteiger partial charge in [-0.15, -0.1) is 0 Å². The first-order chi connectivity index (χ1) is 5.83. The molecule has 0 heterocycles. The van der Waals surface area contributed by atoms with Gasteiger partial charge >= 0.3 is 26.2 Å².